The van der Waals surface area contributed by atoms with E-state index in [1.807, 2.05) is 60.9 Å². The molecule has 4 rings (SSSR count). The fourth-order valence-corrected chi connectivity index (χ4v) is 3.13. The normalized spacial score (nSPS) is 12.1. The quantitative estimate of drug-likeness (QED) is 0.495. The van der Waals surface area contributed by atoms with Crippen LogP contribution in [0.25, 0.3) is 16.9 Å². The molecule has 2 aromatic heterocycles. The van der Waals surface area contributed by atoms with E-state index in [9.17, 15) is 4.79 Å². The second-order valence-electron chi connectivity index (χ2n) is 7.48. The topological polar surface area (TPSA) is 84.7 Å². The highest BCUT2D eigenvalue weighted by atomic mass is 16.1. The molecular formula is C23H24N6O. The number of amides is 1. The lowest BCUT2D eigenvalue weighted by molar-refractivity contribution is -0.118. The van der Waals surface area contributed by atoms with Crippen molar-refractivity contribution in [3.8, 4) is 5.82 Å². The molecule has 0 fully saturated rings. The van der Waals surface area contributed by atoms with Gasteiger partial charge in [0.05, 0.1) is 17.1 Å². The molecular weight excluding hydrogens is 376 g/mol. The Morgan fingerprint density at radius 2 is 1.80 bits per heavy atom. The van der Waals surface area contributed by atoms with Crippen LogP contribution in [0.5, 0.6) is 0 Å². The van der Waals surface area contributed by atoms with Crippen molar-refractivity contribution in [1.82, 2.24) is 19.5 Å². The van der Waals surface area contributed by atoms with Crippen molar-refractivity contribution < 1.29 is 4.79 Å². The third kappa shape index (κ3) is 4.15. The number of benzene rings is 2. The molecule has 0 saturated carbocycles. The summed E-state index contributed by atoms with van der Waals surface area (Å²) in [6, 6.07) is 17.8. The Hall–Kier alpha value is -3.74. The number of hydrogen-bond donors (Lipinski definition) is 2. The van der Waals surface area contributed by atoms with Crippen molar-refractivity contribution in [2.24, 2.45) is 5.92 Å². The van der Waals surface area contributed by atoms with Gasteiger partial charge in [-0.2, -0.15) is 4.98 Å². The van der Waals surface area contributed by atoms with Gasteiger partial charge in [-0.25, -0.2) is 9.97 Å². The van der Waals surface area contributed by atoms with Crippen molar-refractivity contribution in [1.29, 1.82) is 0 Å². The summed E-state index contributed by atoms with van der Waals surface area (Å²) < 4.78 is 1.91. The number of carbonyl (C=O) groups excluding carboxylic acids is 1. The molecule has 2 heterocycles. The first-order valence-electron chi connectivity index (χ1n) is 9.94. The molecule has 152 valence electrons. The molecule has 0 radical (unpaired) electrons. The van der Waals surface area contributed by atoms with Gasteiger partial charge in [-0.05, 0) is 36.8 Å². The number of imidazole rings is 1. The fraction of sp³-hybridized carbons (Fsp3) is 0.217. The standard InChI is InChI=1S/C23H24N6O/c1-15(2)22(30)27-18-9-10-20-19(13-18)25-14-29(20)21-11-12-24-23(28-21)26-16(3)17-7-5-4-6-8-17/h4-16H,1-3H3,(H,27,30)(H,24,26,28)/t16-/m0/s1. The van der Waals surface area contributed by atoms with Crippen LogP contribution >= 0.6 is 0 Å². The number of anilines is 2. The number of fused-ring (bicyclic) bond motifs is 1. The van der Waals surface area contributed by atoms with E-state index in [4.69, 9.17) is 0 Å². The molecule has 4 aromatic rings. The van der Waals surface area contributed by atoms with Crippen LogP contribution in [-0.4, -0.2) is 25.4 Å². The van der Waals surface area contributed by atoms with Crippen LogP contribution in [0.2, 0.25) is 0 Å². The minimum Gasteiger partial charge on any atom is -0.348 e. The lowest BCUT2D eigenvalue weighted by atomic mass is 10.1. The highest BCUT2D eigenvalue weighted by Gasteiger charge is 2.12. The predicted octanol–water partition coefficient (Wildman–Crippen LogP) is 4.58. The maximum Gasteiger partial charge on any atom is 0.226 e. The van der Waals surface area contributed by atoms with Gasteiger partial charge >= 0.3 is 0 Å². The molecule has 30 heavy (non-hydrogen) atoms. The Labute approximate surface area is 175 Å². The van der Waals surface area contributed by atoms with Crippen LogP contribution in [0.3, 0.4) is 0 Å². The van der Waals surface area contributed by atoms with Gasteiger partial charge in [-0.15, -0.1) is 0 Å². The summed E-state index contributed by atoms with van der Waals surface area (Å²) in [5, 5.41) is 6.25. The van der Waals surface area contributed by atoms with Crippen LogP contribution in [0, 0.1) is 5.92 Å². The molecule has 0 aliphatic heterocycles. The van der Waals surface area contributed by atoms with Crippen LogP contribution < -0.4 is 10.6 Å². The van der Waals surface area contributed by atoms with Gasteiger partial charge in [0, 0.05) is 17.8 Å². The Kier molecular flexibility index (Phi) is 5.43. The molecule has 0 spiro atoms. The number of aromatic nitrogens is 4. The first-order valence-corrected chi connectivity index (χ1v) is 9.94. The van der Waals surface area contributed by atoms with Crippen LogP contribution in [0.1, 0.15) is 32.4 Å². The summed E-state index contributed by atoms with van der Waals surface area (Å²) >= 11 is 0. The monoisotopic (exact) mass is 400 g/mol. The van der Waals surface area contributed by atoms with Crippen molar-refractivity contribution in [3.05, 3.63) is 72.7 Å². The van der Waals surface area contributed by atoms with Gasteiger partial charge in [-0.1, -0.05) is 44.2 Å². The maximum absolute atomic E-state index is 11.9. The first-order chi connectivity index (χ1) is 14.5. The molecule has 7 nitrogen and oxygen atoms in total. The first kappa shape index (κ1) is 19.6. The Bertz CT molecular complexity index is 1170. The summed E-state index contributed by atoms with van der Waals surface area (Å²) in [5.74, 6) is 1.16. The van der Waals surface area contributed by atoms with E-state index in [1.165, 1.54) is 0 Å². The van der Waals surface area contributed by atoms with Gasteiger partial charge in [0.25, 0.3) is 0 Å². The number of nitrogens with zero attached hydrogens (tertiary/aromatic N) is 4. The Morgan fingerprint density at radius 1 is 1.00 bits per heavy atom. The van der Waals surface area contributed by atoms with E-state index in [-0.39, 0.29) is 17.9 Å². The zero-order valence-corrected chi connectivity index (χ0v) is 17.2. The third-order valence-electron chi connectivity index (χ3n) is 4.87. The molecule has 2 N–H and O–H groups in total. The third-order valence-corrected chi connectivity index (χ3v) is 4.87. The molecule has 0 unspecified atom stereocenters. The highest BCUT2D eigenvalue weighted by molar-refractivity contribution is 5.94. The van der Waals surface area contributed by atoms with Crippen LogP contribution in [-0.2, 0) is 4.79 Å². The zero-order chi connectivity index (χ0) is 21.1. The summed E-state index contributed by atoms with van der Waals surface area (Å²) in [7, 11) is 0. The molecule has 0 aliphatic carbocycles. The molecule has 0 aliphatic rings. The molecule has 1 atom stereocenters. The van der Waals surface area contributed by atoms with Crippen LogP contribution in [0.15, 0.2) is 67.1 Å². The largest absolute Gasteiger partial charge is 0.348 e. The number of nitrogens with one attached hydrogen (secondary N) is 2. The number of hydrogen-bond acceptors (Lipinski definition) is 5. The average Bonchev–Trinajstić information content (AvgIpc) is 3.17. The minimum atomic E-state index is -0.0801. The Morgan fingerprint density at radius 3 is 2.57 bits per heavy atom. The van der Waals surface area contributed by atoms with Crippen molar-refractivity contribution >= 4 is 28.6 Å². The van der Waals surface area contributed by atoms with E-state index in [1.54, 1.807) is 12.5 Å². The van der Waals surface area contributed by atoms with Gasteiger partial charge in [0.1, 0.15) is 12.1 Å². The van der Waals surface area contributed by atoms with E-state index in [2.05, 4.69) is 44.6 Å². The van der Waals surface area contributed by atoms with Gasteiger partial charge in [0.2, 0.25) is 11.9 Å². The average molecular weight is 400 g/mol. The molecule has 0 saturated heterocycles. The van der Waals surface area contributed by atoms with Crippen molar-refractivity contribution in [2.45, 2.75) is 26.8 Å². The molecule has 1 amide bonds. The summed E-state index contributed by atoms with van der Waals surface area (Å²) in [6.45, 7) is 5.80. The minimum absolute atomic E-state index is 0.0205. The zero-order valence-electron chi connectivity index (χ0n) is 17.2. The summed E-state index contributed by atoms with van der Waals surface area (Å²) in [4.78, 5) is 25.4. The smallest absolute Gasteiger partial charge is 0.226 e. The van der Waals surface area contributed by atoms with Gasteiger partial charge in [-0.3, -0.25) is 9.36 Å². The maximum atomic E-state index is 11.9. The summed E-state index contributed by atoms with van der Waals surface area (Å²) in [5.41, 5.74) is 3.57. The number of rotatable bonds is 6. The number of carbonyl (C=O) groups is 1. The van der Waals surface area contributed by atoms with Crippen LogP contribution in [0.4, 0.5) is 11.6 Å². The van der Waals surface area contributed by atoms with E-state index in [0.29, 0.717) is 11.8 Å². The predicted molar refractivity (Wildman–Crippen MR) is 119 cm³/mol. The van der Waals surface area contributed by atoms with Crippen molar-refractivity contribution in [2.75, 3.05) is 10.6 Å². The van der Waals surface area contributed by atoms with Gasteiger partial charge < -0.3 is 10.6 Å². The Balaban J connectivity index is 1.58. The molecule has 2 aromatic carbocycles. The van der Waals surface area contributed by atoms with E-state index < -0.39 is 0 Å². The highest BCUT2D eigenvalue weighted by Crippen LogP contribution is 2.22. The SMILES string of the molecule is CC(C)C(=O)Nc1ccc2c(c1)ncn2-c1ccnc(N[C@@H](C)c2ccccc2)n1. The van der Waals surface area contributed by atoms with Gasteiger partial charge in [0.15, 0.2) is 0 Å². The molecule has 7 heteroatoms. The lowest BCUT2D eigenvalue weighted by Crippen LogP contribution is -2.17. The second kappa shape index (κ2) is 8.32. The lowest BCUT2D eigenvalue weighted by Gasteiger charge is -2.14. The van der Waals surface area contributed by atoms with E-state index >= 15 is 0 Å². The summed E-state index contributed by atoms with van der Waals surface area (Å²) in [6.07, 6.45) is 3.46. The molecule has 0 bridgehead atoms. The second-order valence-corrected chi connectivity index (χ2v) is 7.48. The van der Waals surface area contributed by atoms with Crippen molar-refractivity contribution in [3.63, 3.8) is 0 Å². The van der Waals surface area contributed by atoms with E-state index in [0.717, 1.165) is 22.3 Å². The fourth-order valence-electron chi connectivity index (χ4n) is 3.13.